The fraction of sp³-hybridized carbons (Fsp3) is 0.429. The Labute approximate surface area is 228 Å². The zero-order valence-electron chi connectivity index (χ0n) is 22.8. The molecule has 1 aromatic carbocycles. The Hall–Kier alpha value is -3.93. The number of hydrogen-bond acceptors (Lipinski definition) is 6. The summed E-state index contributed by atoms with van der Waals surface area (Å²) in [4.78, 5) is 19.5. The highest BCUT2D eigenvalue weighted by Crippen LogP contribution is 2.48. The minimum Gasteiger partial charge on any atom is -0.378 e. The number of morpholine rings is 1. The van der Waals surface area contributed by atoms with E-state index in [2.05, 4.69) is 25.4 Å². The van der Waals surface area contributed by atoms with Gasteiger partial charge in [0.1, 0.15) is 17.2 Å². The Kier molecular flexibility index (Phi) is 6.13. The number of pyridine rings is 1. The van der Waals surface area contributed by atoms with Crippen LogP contribution >= 0.6 is 0 Å². The smallest absolute Gasteiger partial charge is 0.262 e. The molecule has 12 heteroatoms. The van der Waals surface area contributed by atoms with Crippen molar-refractivity contribution >= 4 is 23.1 Å². The Balaban J connectivity index is 1.40. The zero-order valence-corrected chi connectivity index (χ0v) is 22.8. The third-order valence-corrected chi connectivity index (χ3v) is 7.31. The second-order valence-electron chi connectivity index (χ2n) is 11.4. The number of anilines is 2. The molecule has 1 aliphatic carbocycles. The highest BCUT2D eigenvalue weighted by Gasteiger charge is 2.49. The molecule has 0 atom stereocenters. The first-order chi connectivity index (χ1) is 18.9. The van der Waals surface area contributed by atoms with E-state index in [4.69, 9.17) is 4.74 Å². The van der Waals surface area contributed by atoms with Crippen LogP contribution in [0.15, 0.2) is 30.5 Å². The van der Waals surface area contributed by atoms with E-state index in [0.717, 1.165) is 10.9 Å². The molecule has 2 aliphatic rings. The summed E-state index contributed by atoms with van der Waals surface area (Å²) in [6, 6.07) is 6.49. The Morgan fingerprint density at radius 2 is 1.82 bits per heavy atom. The van der Waals surface area contributed by atoms with Crippen molar-refractivity contribution in [2.45, 2.75) is 51.7 Å². The van der Waals surface area contributed by atoms with Gasteiger partial charge >= 0.3 is 0 Å². The van der Waals surface area contributed by atoms with Crippen LogP contribution in [0.5, 0.6) is 0 Å². The van der Waals surface area contributed by atoms with Crippen molar-refractivity contribution < 1.29 is 22.7 Å². The van der Waals surface area contributed by atoms with Crippen LogP contribution < -0.4 is 10.2 Å². The van der Waals surface area contributed by atoms with Gasteiger partial charge in [0.25, 0.3) is 5.91 Å². The maximum Gasteiger partial charge on any atom is 0.262 e. The molecule has 0 unspecified atom stereocenters. The molecule has 1 saturated carbocycles. The number of benzene rings is 1. The molecule has 3 aromatic heterocycles. The maximum absolute atomic E-state index is 15.1. The topological polar surface area (TPSA) is 89.6 Å². The van der Waals surface area contributed by atoms with E-state index in [1.54, 1.807) is 38.3 Å². The van der Waals surface area contributed by atoms with Gasteiger partial charge in [-0.15, -0.1) is 5.10 Å². The molecule has 2 fully saturated rings. The lowest BCUT2D eigenvalue weighted by molar-refractivity contribution is 0.102. The second-order valence-corrected chi connectivity index (χ2v) is 11.4. The van der Waals surface area contributed by atoms with Crippen molar-refractivity contribution in [3.63, 3.8) is 0 Å². The molecule has 1 amide bonds. The highest BCUT2D eigenvalue weighted by molar-refractivity contribution is 6.04. The molecule has 9 nitrogen and oxygen atoms in total. The molecule has 0 spiro atoms. The molecule has 4 heterocycles. The number of aryl methyl sites for hydroxylation is 1. The van der Waals surface area contributed by atoms with Gasteiger partial charge in [-0.1, -0.05) is 0 Å². The summed E-state index contributed by atoms with van der Waals surface area (Å²) in [5.41, 5.74) is -0.180. The summed E-state index contributed by atoms with van der Waals surface area (Å²) < 4.78 is 53.2. The van der Waals surface area contributed by atoms with Crippen molar-refractivity contribution in [1.82, 2.24) is 24.4 Å². The monoisotopic (exact) mass is 553 g/mol. The van der Waals surface area contributed by atoms with E-state index in [0.29, 0.717) is 67.3 Å². The van der Waals surface area contributed by atoms with Crippen LogP contribution in [0.1, 0.15) is 55.4 Å². The van der Waals surface area contributed by atoms with E-state index in [1.165, 1.54) is 12.1 Å². The first-order valence-electron chi connectivity index (χ1n) is 13.2. The Morgan fingerprint density at radius 1 is 1.10 bits per heavy atom. The first-order valence-corrected chi connectivity index (χ1v) is 13.2. The average molecular weight is 554 g/mol. The third-order valence-electron chi connectivity index (χ3n) is 7.31. The quantitative estimate of drug-likeness (QED) is 0.375. The number of carbonyl (C=O) groups excluding carboxylic acids is 1. The van der Waals surface area contributed by atoms with Crippen LogP contribution in [0.2, 0.25) is 0 Å². The minimum absolute atomic E-state index is 0.107. The van der Waals surface area contributed by atoms with Gasteiger partial charge in [-0.05, 0) is 81.5 Å². The summed E-state index contributed by atoms with van der Waals surface area (Å²) in [5.74, 6) is -1.41. The predicted molar refractivity (Wildman–Crippen MR) is 143 cm³/mol. The average Bonchev–Trinajstić information content (AvgIpc) is 3.31. The van der Waals surface area contributed by atoms with Gasteiger partial charge < -0.3 is 15.0 Å². The van der Waals surface area contributed by atoms with Crippen LogP contribution in [0.4, 0.5) is 24.7 Å². The molecule has 1 saturated heterocycles. The van der Waals surface area contributed by atoms with Gasteiger partial charge in [-0.2, -0.15) is 14.0 Å². The van der Waals surface area contributed by atoms with Gasteiger partial charge in [0.05, 0.1) is 30.6 Å². The normalized spacial score (nSPS) is 16.9. The van der Waals surface area contributed by atoms with Crippen LogP contribution in [0.3, 0.4) is 0 Å². The number of alkyl halides is 1. The maximum atomic E-state index is 15.1. The molecule has 4 aromatic rings. The fourth-order valence-electron chi connectivity index (χ4n) is 4.89. The number of nitrogens with zero attached hydrogens (tertiary/aromatic N) is 6. The number of aromatic nitrogens is 5. The van der Waals surface area contributed by atoms with Gasteiger partial charge in [0.2, 0.25) is 5.95 Å². The van der Waals surface area contributed by atoms with E-state index in [9.17, 15) is 13.6 Å². The molecule has 40 heavy (non-hydrogen) atoms. The van der Waals surface area contributed by atoms with E-state index >= 15 is 4.39 Å². The number of hydrogen-bond donors (Lipinski definition) is 1. The van der Waals surface area contributed by atoms with Crippen LogP contribution in [-0.4, -0.2) is 56.6 Å². The SMILES string of the molecule is Cc1cc(F)c(NC(=O)c2cnn(C(C)(C)C)c2F)cc1-c1cc(N2CCOCC2)n2nc(C3(F)CC3)nc2c1. The standard InChI is InChI=1S/C28H30F3N7O2/c1-16-11-20(29)21(33-25(39)19-15-32-38(24(19)30)27(2,3)4)14-18(16)17-12-22-34-26(28(31)5-6-28)35-37(22)23(13-17)36-7-9-40-10-8-36/h11-15H,5-10H2,1-4H3,(H,33,39). The van der Waals surface area contributed by atoms with Gasteiger partial charge in [-0.25, -0.2) is 18.4 Å². The van der Waals surface area contributed by atoms with Gasteiger partial charge in [0, 0.05) is 13.1 Å². The molecule has 210 valence electrons. The largest absolute Gasteiger partial charge is 0.378 e. The number of amides is 1. The predicted octanol–water partition coefficient (Wildman–Crippen LogP) is 4.98. The Morgan fingerprint density at radius 3 is 2.48 bits per heavy atom. The molecule has 1 N–H and O–H groups in total. The fourth-order valence-corrected chi connectivity index (χ4v) is 4.89. The molecule has 0 radical (unpaired) electrons. The summed E-state index contributed by atoms with van der Waals surface area (Å²) in [7, 11) is 0. The summed E-state index contributed by atoms with van der Waals surface area (Å²) in [6.45, 7) is 9.34. The summed E-state index contributed by atoms with van der Waals surface area (Å²) in [6.07, 6.45) is 1.91. The number of carbonyl (C=O) groups is 1. The highest BCUT2D eigenvalue weighted by atomic mass is 19.1. The zero-order chi connectivity index (χ0) is 28.4. The molecular formula is C28H30F3N7O2. The van der Waals surface area contributed by atoms with E-state index in [-0.39, 0.29) is 17.1 Å². The number of halogens is 3. The number of fused-ring (bicyclic) bond motifs is 1. The lowest BCUT2D eigenvalue weighted by Gasteiger charge is -2.29. The van der Waals surface area contributed by atoms with Gasteiger partial charge in [-0.3, -0.25) is 4.79 Å². The first kappa shape index (κ1) is 26.3. The molecule has 1 aliphatic heterocycles. The molecular weight excluding hydrogens is 523 g/mol. The van der Waals surface area contributed by atoms with Crippen molar-refractivity contribution in [2.75, 3.05) is 36.5 Å². The van der Waals surface area contributed by atoms with Crippen molar-refractivity contribution in [2.24, 2.45) is 0 Å². The molecule has 0 bridgehead atoms. The summed E-state index contributed by atoms with van der Waals surface area (Å²) in [5, 5.41) is 11.0. The number of rotatable bonds is 5. The lowest BCUT2D eigenvalue weighted by atomic mass is 9.99. The van der Waals surface area contributed by atoms with Crippen molar-refractivity contribution in [3.8, 4) is 11.1 Å². The molecule has 6 rings (SSSR count). The van der Waals surface area contributed by atoms with E-state index in [1.807, 2.05) is 6.07 Å². The summed E-state index contributed by atoms with van der Waals surface area (Å²) >= 11 is 0. The van der Waals surface area contributed by atoms with Crippen molar-refractivity contribution in [1.29, 1.82) is 0 Å². The van der Waals surface area contributed by atoms with Crippen molar-refractivity contribution in [3.05, 3.63) is 59.2 Å². The Bertz CT molecular complexity index is 1630. The van der Waals surface area contributed by atoms with Gasteiger partial charge in [0.15, 0.2) is 17.1 Å². The minimum atomic E-state index is -1.51. The second kappa shape index (κ2) is 9.33. The number of ether oxygens (including phenoxy) is 1. The van der Waals surface area contributed by atoms with Crippen LogP contribution in [-0.2, 0) is 15.9 Å². The lowest BCUT2D eigenvalue weighted by Crippen LogP contribution is -2.37. The van der Waals surface area contributed by atoms with Crippen LogP contribution in [0, 0.1) is 18.7 Å². The number of nitrogens with one attached hydrogen (secondary N) is 1. The van der Waals surface area contributed by atoms with E-state index < -0.39 is 28.9 Å². The third kappa shape index (κ3) is 4.59. The van der Waals surface area contributed by atoms with Crippen LogP contribution in [0.25, 0.3) is 16.8 Å².